The van der Waals surface area contributed by atoms with Gasteiger partial charge in [0.15, 0.2) is 0 Å². The van der Waals surface area contributed by atoms with Crippen molar-refractivity contribution < 1.29 is 19.1 Å². The summed E-state index contributed by atoms with van der Waals surface area (Å²) in [5, 5.41) is 6.49. The SMILES string of the molecule is CC(C)(C)OC(=O)NC(C)(C)C(=O)N[C@H](Cc1c[nH]c2ccccc12)C(=O)N1CCCC(N)C1. The zero-order valence-electron chi connectivity index (χ0n) is 20.7. The van der Waals surface area contributed by atoms with Crippen LogP contribution < -0.4 is 16.4 Å². The first-order valence-corrected chi connectivity index (χ1v) is 11.8. The van der Waals surface area contributed by atoms with E-state index in [9.17, 15) is 14.4 Å². The van der Waals surface area contributed by atoms with Crippen molar-refractivity contribution in [3.8, 4) is 0 Å². The molecule has 1 saturated heterocycles. The number of para-hydroxylation sites is 1. The van der Waals surface area contributed by atoms with Crippen LogP contribution in [-0.4, -0.2) is 64.1 Å². The zero-order chi connectivity index (χ0) is 25.1. The molecule has 9 nitrogen and oxygen atoms in total. The average molecular weight is 472 g/mol. The number of benzene rings is 1. The number of hydrogen-bond acceptors (Lipinski definition) is 5. The number of amides is 3. The molecule has 9 heteroatoms. The van der Waals surface area contributed by atoms with Crippen LogP contribution in [0, 0.1) is 0 Å². The van der Waals surface area contributed by atoms with E-state index in [1.165, 1.54) is 0 Å². The number of hydrogen-bond donors (Lipinski definition) is 4. The molecule has 2 atom stereocenters. The van der Waals surface area contributed by atoms with Crippen LogP contribution in [0.2, 0.25) is 0 Å². The van der Waals surface area contributed by atoms with Gasteiger partial charge in [-0.1, -0.05) is 18.2 Å². The van der Waals surface area contributed by atoms with Gasteiger partial charge in [0, 0.05) is 42.7 Å². The van der Waals surface area contributed by atoms with Crippen molar-refractivity contribution in [2.24, 2.45) is 5.73 Å². The van der Waals surface area contributed by atoms with Crippen molar-refractivity contribution in [2.45, 2.75) is 77.1 Å². The summed E-state index contributed by atoms with van der Waals surface area (Å²) in [5.74, 6) is -0.653. The largest absolute Gasteiger partial charge is 0.444 e. The maximum Gasteiger partial charge on any atom is 0.408 e. The van der Waals surface area contributed by atoms with Gasteiger partial charge < -0.3 is 31.0 Å². The number of piperidine rings is 1. The fourth-order valence-electron chi connectivity index (χ4n) is 4.11. The van der Waals surface area contributed by atoms with Gasteiger partial charge in [0.1, 0.15) is 17.2 Å². The number of alkyl carbamates (subject to hydrolysis) is 1. The minimum absolute atomic E-state index is 0.0765. The van der Waals surface area contributed by atoms with E-state index >= 15 is 0 Å². The lowest BCUT2D eigenvalue weighted by atomic mass is 9.99. The predicted octanol–water partition coefficient (Wildman–Crippen LogP) is 2.45. The highest BCUT2D eigenvalue weighted by molar-refractivity contribution is 5.94. The number of nitrogens with one attached hydrogen (secondary N) is 3. The monoisotopic (exact) mass is 471 g/mol. The number of aromatic amines is 1. The highest BCUT2D eigenvalue weighted by Gasteiger charge is 2.36. The third kappa shape index (κ3) is 6.50. The first-order chi connectivity index (χ1) is 15.9. The van der Waals surface area contributed by atoms with Crippen LogP contribution in [0.1, 0.15) is 53.0 Å². The molecule has 0 saturated carbocycles. The van der Waals surface area contributed by atoms with E-state index in [2.05, 4.69) is 15.6 Å². The van der Waals surface area contributed by atoms with E-state index in [4.69, 9.17) is 10.5 Å². The van der Waals surface area contributed by atoms with Crippen LogP contribution in [0.25, 0.3) is 10.9 Å². The van der Waals surface area contributed by atoms with Crippen molar-refractivity contribution >= 4 is 28.8 Å². The number of nitrogens with zero attached hydrogens (tertiary/aromatic N) is 1. The second kappa shape index (κ2) is 10.0. The molecule has 1 aromatic heterocycles. The summed E-state index contributed by atoms with van der Waals surface area (Å²) in [4.78, 5) is 44.0. The first-order valence-electron chi connectivity index (χ1n) is 11.8. The summed E-state index contributed by atoms with van der Waals surface area (Å²) in [6.45, 7) is 9.47. The van der Waals surface area contributed by atoms with Gasteiger partial charge in [-0.3, -0.25) is 9.59 Å². The van der Waals surface area contributed by atoms with Crippen LogP contribution in [0.5, 0.6) is 0 Å². The van der Waals surface area contributed by atoms with Gasteiger partial charge in [-0.15, -0.1) is 0 Å². The number of carbonyl (C=O) groups is 3. The van der Waals surface area contributed by atoms with Gasteiger partial charge in [0.05, 0.1) is 0 Å². The van der Waals surface area contributed by atoms with Crippen molar-refractivity contribution in [2.75, 3.05) is 13.1 Å². The smallest absolute Gasteiger partial charge is 0.408 e. The van der Waals surface area contributed by atoms with Gasteiger partial charge in [-0.25, -0.2) is 4.79 Å². The summed E-state index contributed by atoms with van der Waals surface area (Å²) in [5.41, 5.74) is 6.00. The Hall–Kier alpha value is -3.07. The van der Waals surface area contributed by atoms with Crippen molar-refractivity contribution in [3.05, 3.63) is 36.0 Å². The highest BCUT2D eigenvalue weighted by Crippen LogP contribution is 2.21. The Bertz CT molecular complexity index is 1040. The molecule has 0 bridgehead atoms. The van der Waals surface area contributed by atoms with Crippen LogP contribution in [0.3, 0.4) is 0 Å². The lowest BCUT2D eigenvalue weighted by Crippen LogP contribution is -2.61. The van der Waals surface area contributed by atoms with Crippen LogP contribution in [0.15, 0.2) is 30.5 Å². The molecule has 1 aliphatic rings. The standard InChI is InChI=1S/C25H37N5O4/c1-24(2,3)34-23(33)29-25(4,5)22(32)28-20(21(31)30-12-8-9-17(26)15-30)13-16-14-27-19-11-7-6-10-18(16)19/h6-7,10-11,14,17,20,27H,8-9,12-13,15,26H2,1-5H3,(H,28,32)(H,29,33)/t17?,20-/m1/s1. The molecule has 0 aliphatic carbocycles. The summed E-state index contributed by atoms with van der Waals surface area (Å²) >= 11 is 0. The second-order valence-electron chi connectivity index (χ2n) is 10.5. The molecule has 1 aromatic carbocycles. The summed E-state index contributed by atoms with van der Waals surface area (Å²) in [7, 11) is 0. The summed E-state index contributed by atoms with van der Waals surface area (Å²) in [6.07, 6.45) is 3.17. The third-order valence-electron chi connectivity index (χ3n) is 5.85. The Kier molecular flexibility index (Phi) is 7.55. The highest BCUT2D eigenvalue weighted by atomic mass is 16.6. The van der Waals surface area contributed by atoms with Crippen LogP contribution >= 0.6 is 0 Å². The molecule has 3 rings (SSSR count). The third-order valence-corrected chi connectivity index (χ3v) is 5.85. The van der Waals surface area contributed by atoms with Crippen molar-refractivity contribution in [1.82, 2.24) is 20.5 Å². The van der Waals surface area contributed by atoms with E-state index in [0.29, 0.717) is 19.5 Å². The Morgan fingerprint density at radius 1 is 1.21 bits per heavy atom. The number of H-pyrrole nitrogens is 1. The van der Waals surface area contributed by atoms with Crippen molar-refractivity contribution in [1.29, 1.82) is 0 Å². The number of ether oxygens (including phenoxy) is 1. The van der Waals surface area contributed by atoms with Crippen LogP contribution in [0.4, 0.5) is 4.79 Å². The number of nitrogens with two attached hydrogens (primary N) is 1. The maximum absolute atomic E-state index is 13.5. The number of rotatable bonds is 6. The molecular formula is C25H37N5O4. The van der Waals surface area contributed by atoms with Crippen molar-refractivity contribution in [3.63, 3.8) is 0 Å². The molecule has 2 aromatic rings. The minimum atomic E-state index is -1.29. The number of aromatic nitrogens is 1. The van der Waals surface area contributed by atoms with Crippen LogP contribution in [-0.2, 0) is 20.7 Å². The number of likely N-dealkylation sites (tertiary alicyclic amines) is 1. The van der Waals surface area contributed by atoms with Gasteiger partial charge in [0.2, 0.25) is 11.8 Å². The van der Waals surface area contributed by atoms with Gasteiger partial charge in [-0.05, 0) is 59.1 Å². The molecule has 1 fully saturated rings. The Balaban J connectivity index is 1.80. The lowest BCUT2D eigenvalue weighted by Gasteiger charge is -2.35. The van der Waals surface area contributed by atoms with E-state index in [1.54, 1.807) is 39.5 Å². The molecule has 2 heterocycles. The fraction of sp³-hybridized carbons (Fsp3) is 0.560. The second-order valence-corrected chi connectivity index (χ2v) is 10.5. The molecule has 5 N–H and O–H groups in total. The van der Waals surface area contributed by atoms with E-state index in [-0.39, 0.29) is 11.9 Å². The normalized spacial score (nSPS) is 17.8. The predicted molar refractivity (Wildman–Crippen MR) is 131 cm³/mol. The molecule has 3 amide bonds. The summed E-state index contributed by atoms with van der Waals surface area (Å²) in [6, 6.07) is 6.94. The first kappa shape index (κ1) is 25.6. The Morgan fingerprint density at radius 3 is 2.59 bits per heavy atom. The maximum atomic E-state index is 13.5. The molecule has 186 valence electrons. The molecule has 34 heavy (non-hydrogen) atoms. The molecular weight excluding hydrogens is 434 g/mol. The average Bonchev–Trinajstić information content (AvgIpc) is 3.13. The number of fused-ring (bicyclic) bond motifs is 1. The number of carbonyl (C=O) groups excluding carboxylic acids is 3. The Morgan fingerprint density at radius 2 is 1.91 bits per heavy atom. The molecule has 1 unspecified atom stereocenters. The summed E-state index contributed by atoms with van der Waals surface area (Å²) < 4.78 is 5.29. The Labute approximate surface area is 200 Å². The zero-order valence-corrected chi connectivity index (χ0v) is 20.7. The minimum Gasteiger partial charge on any atom is -0.444 e. The van der Waals surface area contributed by atoms with Gasteiger partial charge in [0.25, 0.3) is 0 Å². The quantitative estimate of drug-likeness (QED) is 0.514. The molecule has 1 aliphatic heterocycles. The van der Waals surface area contributed by atoms with E-state index in [1.807, 2.05) is 30.5 Å². The van der Waals surface area contributed by atoms with E-state index in [0.717, 1.165) is 29.3 Å². The van der Waals surface area contributed by atoms with Gasteiger partial charge in [-0.2, -0.15) is 0 Å². The van der Waals surface area contributed by atoms with E-state index < -0.39 is 29.2 Å². The fourth-order valence-corrected chi connectivity index (χ4v) is 4.11. The molecule has 0 radical (unpaired) electrons. The topological polar surface area (TPSA) is 130 Å². The lowest BCUT2D eigenvalue weighted by molar-refractivity contribution is -0.138. The molecule has 0 spiro atoms. The van der Waals surface area contributed by atoms with Gasteiger partial charge >= 0.3 is 6.09 Å².